The Morgan fingerprint density at radius 2 is 2.04 bits per heavy atom. The number of amides is 2. The fourth-order valence-electron chi connectivity index (χ4n) is 2.80. The first kappa shape index (κ1) is 18.7. The van der Waals surface area contributed by atoms with E-state index >= 15 is 0 Å². The lowest BCUT2D eigenvalue weighted by atomic mass is 10.1. The first-order chi connectivity index (χ1) is 11.5. The second-order valence-electron chi connectivity index (χ2n) is 5.84. The van der Waals surface area contributed by atoms with E-state index in [-0.39, 0.29) is 28.8 Å². The lowest BCUT2D eigenvalue weighted by Crippen LogP contribution is -2.40. The summed E-state index contributed by atoms with van der Waals surface area (Å²) in [6, 6.07) is 4.42. The third-order valence-corrected chi connectivity index (χ3v) is 4.43. The second-order valence-corrected chi connectivity index (χ2v) is 6.25. The van der Waals surface area contributed by atoms with Crippen molar-refractivity contribution in [1.82, 2.24) is 15.1 Å². The van der Waals surface area contributed by atoms with Crippen molar-refractivity contribution in [3.8, 4) is 0 Å². The zero-order valence-electron chi connectivity index (χ0n) is 13.9. The van der Waals surface area contributed by atoms with Gasteiger partial charge in [-0.3, -0.25) is 14.5 Å². The first-order valence-corrected chi connectivity index (χ1v) is 8.58. The SMILES string of the molecule is CCNC(=O)CN1CCCN(C(=O)Cc2c(F)cccc2Cl)CC1. The molecule has 5 nitrogen and oxygen atoms in total. The molecule has 0 saturated carbocycles. The van der Waals surface area contributed by atoms with Crippen LogP contribution in [0.1, 0.15) is 18.9 Å². The maximum Gasteiger partial charge on any atom is 0.234 e. The van der Waals surface area contributed by atoms with E-state index < -0.39 is 5.82 Å². The highest BCUT2D eigenvalue weighted by Crippen LogP contribution is 2.20. The molecule has 1 aromatic rings. The van der Waals surface area contributed by atoms with Crippen LogP contribution >= 0.6 is 11.6 Å². The lowest BCUT2D eigenvalue weighted by Gasteiger charge is -2.22. The van der Waals surface area contributed by atoms with Gasteiger partial charge < -0.3 is 10.2 Å². The van der Waals surface area contributed by atoms with Crippen molar-refractivity contribution >= 4 is 23.4 Å². The van der Waals surface area contributed by atoms with E-state index in [0.717, 1.165) is 13.0 Å². The van der Waals surface area contributed by atoms with Crippen molar-refractivity contribution in [3.05, 3.63) is 34.6 Å². The Labute approximate surface area is 146 Å². The largest absolute Gasteiger partial charge is 0.355 e. The summed E-state index contributed by atoms with van der Waals surface area (Å²) >= 11 is 5.99. The third kappa shape index (κ3) is 5.18. The summed E-state index contributed by atoms with van der Waals surface area (Å²) in [5, 5.41) is 3.05. The Morgan fingerprint density at radius 3 is 2.75 bits per heavy atom. The Balaban J connectivity index is 1.91. The van der Waals surface area contributed by atoms with Crippen molar-refractivity contribution in [2.45, 2.75) is 19.8 Å². The van der Waals surface area contributed by atoms with Crippen LogP contribution in [0.2, 0.25) is 5.02 Å². The minimum atomic E-state index is -0.455. The zero-order valence-corrected chi connectivity index (χ0v) is 14.6. The van der Waals surface area contributed by atoms with Gasteiger partial charge in [0, 0.05) is 43.3 Å². The number of nitrogens with one attached hydrogen (secondary N) is 1. The number of carbonyl (C=O) groups is 2. The minimum absolute atomic E-state index is 0.00425. The Morgan fingerprint density at radius 1 is 1.25 bits per heavy atom. The minimum Gasteiger partial charge on any atom is -0.355 e. The fourth-order valence-corrected chi connectivity index (χ4v) is 3.03. The summed E-state index contributed by atoms with van der Waals surface area (Å²) in [6.07, 6.45) is 0.748. The molecule has 1 saturated heterocycles. The molecule has 1 aromatic carbocycles. The number of hydrogen-bond donors (Lipinski definition) is 1. The smallest absolute Gasteiger partial charge is 0.234 e. The summed E-state index contributed by atoms with van der Waals surface area (Å²) in [5.74, 6) is -0.596. The fraction of sp³-hybridized carbons (Fsp3) is 0.529. The number of rotatable bonds is 5. The van der Waals surface area contributed by atoms with Gasteiger partial charge in [0.1, 0.15) is 5.82 Å². The average Bonchev–Trinajstić information content (AvgIpc) is 2.77. The van der Waals surface area contributed by atoms with Crippen molar-refractivity contribution in [1.29, 1.82) is 0 Å². The average molecular weight is 356 g/mol. The standard InChI is InChI=1S/C17H23ClFN3O2/c1-2-20-16(23)12-21-7-4-8-22(10-9-21)17(24)11-13-14(18)5-3-6-15(13)19/h3,5-6H,2,4,7-12H2,1H3,(H,20,23). The molecule has 0 atom stereocenters. The van der Waals surface area contributed by atoms with E-state index in [2.05, 4.69) is 5.32 Å². The van der Waals surface area contributed by atoms with Crippen molar-refractivity contribution in [2.75, 3.05) is 39.3 Å². The highest BCUT2D eigenvalue weighted by Gasteiger charge is 2.22. The monoisotopic (exact) mass is 355 g/mol. The van der Waals surface area contributed by atoms with Gasteiger partial charge in [-0.05, 0) is 25.5 Å². The molecule has 2 amide bonds. The van der Waals surface area contributed by atoms with Gasteiger partial charge in [0.2, 0.25) is 11.8 Å². The van der Waals surface area contributed by atoms with E-state index in [1.165, 1.54) is 12.1 Å². The quantitative estimate of drug-likeness (QED) is 0.874. The summed E-state index contributed by atoms with van der Waals surface area (Å²) in [4.78, 5) is 27.9. The topological polar surface area (TPSA) is 52.7 Å². The second kappa shape index (κ2) is 8.99. The van der Waals surface area contributed by atoms with E-state index in [4.69, 9.17) is 11.6 Å². The van der Waals surface area contributed by atoms with Crippen LogP contribution in [0.25, 0.3) is 0 Å². The summed E-state index contributed by atoms with van der Waals surface area (Å²) in [5.41, 5.74) is 0.243. The van der Waals surface area contributed by atoms with Crippen molar-refractivity contribution in [2.24, 2.45) is 0 Å². The Bertz CT molecular complexity index is 577. The molecule has 0 bridgehead atoms. The van der Waals surface area contributed by atoms with Crippen LogP contribution in [-0.4, -0.2) is 60.9 Å². The van der Waals surface area contributed by atoms with Crippen LogP contribution < -0.4 is 5.32 Å². The molecule has 2 rings (SSSR count). The molecule has 1 aliphatic rings. The molecular formula is C17H23ClFN3O2. The molecule has 132 valence electrons. The number of hydrogen-bond acceptors (Lipinski definition) is 3. The van der Waals surface area contributed by atoms with E-state index in [0.29, 0.717) is 32.7 Å². The van der Waals surface area contributed by atoms with Gasteiger partial charge in [-0.1, -0.05) is 17.7 Å². The summed E-state index contributed by atoms with van der Waals surface area (Å²) < 4.78 is 13.8. The van der Waals surface area contributed by atoms with E-state index in [1.807, 2.05) is 11.8 Å². The van der Waals surface area contributed by atoms with Gasteiger partial charge >= 0.3 is 0 Å². The molecule has 0 spiro atoms. The maximum atomic E-state index is 13.8. The molecule has 1 fully saturated rings. The molecule has 1 N–H and O–H groups in total. The van der Waals surface area contributed by atoms with Crippen LogP contribution in [0, 0.1) is 5.82 Å². The molecule has 24 heavy (non-hydrogen) atoms. The molecule has 0 unspecified atom stereocenters. The van der Waals surface area contributed by atoms with Gasteiger partial charge in [-0.15, -0.1) is 0 Å². The predicted molar refractivity (Wildman–Crippen MR) is 91.4 cm³/mol. The molecular weight excluding hydrogens is 333 g/mol. The molecule has 7 heteroatoms. The maximum absolute atomic E-state index is 13.8. The van der Waals surface area contributed by atoms with Crippen LogP contribution in [0.5, 0.6) is 0 Å². The molecule has 0 aliphatic carbocycles. The number of carbonyl (C=O) groups excluding carboxylic acids is 2. The number of likely N-dealkylation sites (N-methyl/N-ethyl adjacent to an activating group) is 1. The van der Waals surface area contributed by atoms with E-state index in [1.54, 1.807) is 11.0 Å². The number of nitrogens with zero attached hydrogens (tertiary/aromatic N) is 2. The molecule has 1 aliphatic heterocycles. The Kier molecular flexibility index (Phi) is 6.99. The Hall–Kier alpha value is -1.66. The van der Waals surface area contributed by atoms with Gasteiger partial charge in [0.05, 0.1) is 13.0 Å². The number of benzene rings is 1. The highest BCUT2D eigenvalue weighted by molar-refractivity contribution is 6.31. The van der Waals surface area contributed by atoms with Crippen molar-refractivity contribution < 1.29 is 14.0 Å². The predicted octanol–water partition coefficient (Wildman–Crippen LogP) is 1.69. The molecule has 0 aromatic heterocycles. The highest BCUT2D eigenvalue weighted by atomic mass is 35.5. The summed E-state index contributed by atoms with van der Waals surface area (Å²) in [7, 11) is 0. The van der Waals surface area contributed by atoms with Crippen molar-refractivity contribution in [3.63, 3.8) is 0 Å². The van der Waals surface area contributed by atoms with Crippen LogP contribution in [0.3, 0.4) is 0 Å². The number of halogens is 2. The van der Waals surface area contributed by atoms with E-state index in [9.17, 15) is 14.0 Å². The van der Waals surface area contributed by atoms with Crippen LogP contribution in [0.4, 0.5) is 4.39 Å². The zero-order chi connectivity index (χ0) is 17.5. The third-order valence-electron chi connectivity index (χ3n) is 4.07. The van der Waals surface area contributed by atoms with Crippen LogP contribution in [-0.2, 0) is 16.0 Å². The van der Waals surface area contributed by atoms with Gasteiger partial charge in [0.25, 0.3) is 0 Å². The molecule has 1 heterocycles. The van der Waals surface area contributed by atoms with Gasteiger partial charge in [-0.25, -0.2) is 4.39 Å². The van der Waals surface area contributed by atoms with Crippen LogP contribution in [0.15, 0.2) is 18.2 Å². The normalized spacial score (nSPS) is 15.9. The first-order valence-electron chi connectivity index (χ1n) is 8.21. The molecule has 0 radical (unpaired) electrons. The summed E-state index contributed by atoms with van der Waals surface area (Å²) in [6.45, 7) is 5.38. The van der Waals surface area contributed by atoms with Gasteiger partial charge in [0.15, 0.2) is 0 Å². The van der Waals surface area contributed by atoms with Gasteiger partial charge in [-0.2, -0.15) is 0 Å². The lowest BCUT2D eigenvalue weighted by molar-refractivity contribution is -0.130.